The number of carbonyl (C=O) groups is 1. The van der Waals surface area contributed by atoms with E-state index < -0.39 is 0 Å². The lowest BCUT2D eigenvalue weighted by Gasteiger charge is -2.31. The van der Waals surface area contributed by atoms with Crippen LogP contribution in [0.1, 0.15) is 29.9 Å². The number of aromatic nitrogens is 4. The van der Waals surface area contributed by atoms with Crippen molar-refractivity contribution in [3.63, 3.8) is 0 Å². The highest BCUT2D eigenvalue weighted by Gasteiger charge is 2.28. The van der Waals surface area contributed by atoms with Crippen molar-refractivity contribution in [1.29, 1.82) is 0 Å². The Morgan fingerprint density at radius 3 is 2.71 bits per heavy atom. The van der Waals surface area contributed by atoms with Gasteiger partial charge in [0.1, 0.15) is 0 Å². The third-order valence-corrected chi connectivity index (χ3v) is 6.07. The van der Waals surface area contributed by atoms with Gasteiger partial charge in [-0.05, 0) is 51.0 Å². The van der Waals surface area contributed by atoms with Gasteiger partial charge in [-0.1, -0.05) is 17.4 Å². The maximum absolute atomic E-state index is 12.6. The molecule has 3 aromatic rings. The molecule has 4 heterocycles. The van der Waals surface area contributed by atoms with E-state index in [1.807, 2.05) is 18.2 Å². The molecular weight excluding hydrogens is 372 g/mol. The third kappa shape index (κ3) is 3.91. The number of hydrogen-bond donors (Lipinski definition) is 1. The largest absolute Gasteiger partial charge is 0.350 e. The number of pyridine rings is 1. The molecule has 1 N–H and O–H groups in total. The number of rotatable bonds is 5. The molecule has 0 spiro atoms. The highest BCUT2D eigenvalue weighted by molar-refractivity contribution is 7.17. The van der Waals surface area contributed by atoms with Crippen molar-refractivity contribution in [2.45, 2.75) is 33.2 Å². The van der Waals surface area contributed by atoms with Crippen LogP contribution in [0.5, 0.6) is 0 Å². The standard InChI is InChI=1S/C20H24N6OS/c1-14-8-9-15(2)26(14)20-24-23-19(28-20)25-11-5-6-16(13-25)18(27)22-12-17-7-3-4-10-21-17/h3-4,7-10,16H,5-6,11-13H2,1-2H3,(H,22,27). The molecule has 8 heteroatoms. The molecule has 0 aliphatic carbocycles. The molecule has 28 heavy (non-hydrogen) atoms. The number of aryl methyl sites for hydroxylation is 2. The Bertz CT molecular complexity index is 931. The van der Waals surface area contributed by atoms with Gasteiger partial charge in [0.2, 0.25) is 16.2 Å². The minimum atomic E-state index is -0.0418. The molecule has 4 rings (SSSR count). The fraction of sp³-hybridized carbons (Fsp3) is 0.400. The van der Waals surface area contributed by atoms with E-state index in [4.69, 9.17) is 0 Å². The molecule has 0 saturated carbocycles. The monoisotopic (exact) mass is 396 g/mol. The Morgan fingerprint density at radius 1 is 1.18 bits per heavy atom. The van der Waals surface area contributed by atoms with Gasteiger partial charge >= 0.3 is 0 Å². The summed E-state index contributed by atoms with van der Waals surface area (Å²) in [6.45, 7) is 6.17. The summed E-state index contributed by atoms with van der Waals surface area (Å²) in [7, 11) is 0. The Kier molecular flexibility index (Phi) is 5.38. The van der Waals surface area contributed by atoms with Gasteiger partial charge in [-0.2, -0.15) is 0 Å². The summed E-state index contributed by atoms with van der Waals surface area (Å²) in [6, 6.07) is 9.88. The Labute approximate surface area is 168 Å². The van der Waals surface area contributed by atoms with E-state index in [2.05, 4.69) is 55.9 Å². The fourth-order valence-electron chi connectivity index (χ4n) is 3.59. The van der Waals surface area contributed by atoms with Crippen LogP contribution in [0.25, 0.3) is 5.13 Å². The minimum Gasteiger partial charge on any atom is -0.350 e. The van der Waals surface area contributed by atoms with Crippen molar-refractivity contribution in [3.8, 4) is 5.13 Å². The van der Waals surface area contributed by atoms with E-state index in [0.29, 0.717) is 13.1 Å². The summed E-state index contributed by atoms with van der Waals surface area (Å²) in [5.41, 5.74) is 3.16. The number of anilines is 1. The summed E-state index contributed by atoms with van der Waals surface area (Å²) < 4.78 is 2.11. The second-order valence-corrected chi connectivity index (χ2v) is 8.08. The molecule has 1 aliphatic rings. The van der Waals surface area contributed by atoms with Gasteiger partial charge in [0.05, 0.1) is 18.2 Å². The molecule has 1 fully saturated rings. The molecule has 7 nitrogen and oxygen atoms in total. The summed E-state index contributed by atoms with van der Waals surface area (Å²) in [5, 5.41) is 13.5. The van der Waals surface area contributed by atoms with E-state index in [-0.39, 0.29) is 11.8 Å². The number of amides is 1. The first-order chi connectivity index (χ1) is 13.6. The SMILES string of the molecule is Cc1ccc(C)n1-c1nnc(N2CCCC(C(=O)NCc3ccccn3)C2)s1. The second kappa shape index (κ2) is 8.10. The van der Waals surface area contributed by atoms with Crippen LogP contribution in [0.15, 0.2) is 36.5 Å². The van der Waals surface area contributed by atoms with E-state index in [1.54, 1.807) is 17.5 Å². The lowest BCUT2D eigenvalue weighted by molar-refractivity contribution is -0.125. The number of nitrogens with zero attached hydrogens (tertiary/aromatic N) is 5. The fourth-order valence-corrected chi connectivity index (χ4v) is 4.59. The molecule has 0 aromatic carbocycles. The zero-order valence-electron chi connectivity index (χ0n) is 16.1. The van der Waals surface area contributed by atoms with Crippen molar-refractivity contribution in [3.05, 3.63) is 53.6 Å². The summed E-state index contributed by atoms with van der Waals surface area (Å²) in [5.74, 6) is 0.0389. The van der Waals surface area contributed by atoms with Gasteiger partial charge < -0.3 is 10.2 Å². The summed E-state index contributed by atoms with van der Waals surface area (Å²) in [4.78, 5) is 19.1. The normalized spacial score (nSPS) is 16.9. The van der Waals surface area contributed by atoms with Crippen molar-refractivity contribution in [2.24, 2.45) is 5.92 Å². The Hall–Kier alpha value is -2.74. The predicted molar refractivity (Wildman–Crippen MR) is 110 cm³/mol. The van der Waals surface area contributed by atoms with Crippen molar-refractivity contribution in [1.82, 2.24) is 25.1 Å². The maximum atomic E-state index is 12.6. The van der Waals surface area contributed by atoms with E-state index in [9.17, 15) is 4.79 Å². The second-order valence-electron chi connectivity index (χ2n) is 7.14. The number of piperidine rings is 1. The topological polar surface area (TPSA) is 75.9 Å². The first kappa shape index (κ1) is 18.6. The molecule has 0 radical (unpaired) electrons. The molecule has 0 bridgehead atoms. The first-order valence-corrected chi connectivity index (χ1v) is 10.3. The van der Waals surface area contributed by atoms with E-state index >= 15 is 0 Å². The first-order valence-electron chi connectivity index (χ1n) is 9.53. The molecule has 1 atom stereocenters. The minimum absolute atomic E-state index is 0.0418. The Balaban J connectivity index is 1.41. The van der Waals surface area contributed by atoms with Gasteiger partial charge in [0.15, 0.2) is 0 Å². The molecule has 3 aromatic heterocycles. The van der Waals surface area contributed by atoms with Gasteiger partial charge in [-0.25, -0.2) is 0 Å². The average molecular weight is 397 g/mol. The van der Waals surface area contributed by atoms with Gasteiger partial charge in [-0.15, -0.1) is 10.2 Å². The number of hydrogen-bond acceptors (Lipinski definition) is 6. The number of carbonyl (C=O) groups excluding carboxylic acids is 1. The van der Waals surface area contributed by atoms with E-state index in [0.717, 1.165) is 46.7 Å². The molecule has 1 amide bonds. The molecular formula is C20H24N6OS. The molecule has 1 saturated heterocycles. The van der Waals surface area contributed by atoms with Gasteiger partial charge in [-0.3, -0.25) is 14.3 Å². The highest BCUT2D eigenvalue weighted by atomic mass is 32.1. The van der Waals surface area contributed by atoms with Crippen LogP contribution in [0.3, 0.4) is 0 Å². The van der Waals surface area contributed by atoms with Crippen LogP contribution < -0.4 is 10.2 Å². The van der Waals surface area contributed by atoms with Crippen LogP contribution >= 0.6 is 11.3 Å². The van der Waals surface area contributed by atoms with Crippen LogP contribution in [0.4, 0.5) is 5.13 Å². The summed E-state index contributed by atoms with van der Waals surface area (Å²) >= 11 is 1.57. The molecule has 1 unspecified atom stereocenters. The quantitative estimate of drug-likeness (QED) is 0.718. The van der Waals surface area contributed by atoms with Gasteiger partial charge in [0.25, 0.3) is 0 Å². The van der Waals surface area contributed by atoms with Gasteiger partial charge in [0, 0.05) is 30.7 Å². The van der Waals surface area contributed by atoms with Crippen LogP contribution in [-0.4, -0.2) is 38.7 Å². The lowest BCUT2D eigenvalue weighted by atomic mass is 9.97. The maximum Gasteiger partial charge on any atom is 0.225 e. The predicted octanol–water partition coefficient (Wildman–Crippen LogP) is 2.87. The average Bonchev–Trinajstić information content (AvgIpc) is 3.33. The van der Waals surface area contributed by atoms with Crippen molar-refractivity contribution >= 4 is 22.4 Å². The van der Waals surface area contributed by atoms with Crippen LogP contribution in [0.2, 0.25) is 0 Å². The van der Waals surface area contributed by atoms with Crippen LogP contribution in [-0.2, 0) is 11.3 Å². The highest BCUT2D eigenvalue weighted by Crippen LogP contribution is 2.29. The van der Waals surface area contributed by atoms with Crippen LogP contribution in [0, 0.1) is 19.8 Å². The molecule has 146 valence electrons. The third-order valence-electron chi connectivity index (χ3n) is 5.10. The number of nitrogens with one attached hydrogen (secondary N) is 1. The zero-order chi connectivity index (χ0) is 19.5. The smallest absolute Gasteiger partial charge is 0.225 e. The Morgan fingerprint density at radius 2 is 1.96 bits per heavy atom. The zero-order valence-corrected chi connectivity index (χ0v) is 16.9. The van der Waals surface area contributed by atoms with Crippen molar-refractivity contribution in [2.75, 3.05) is 18.0 Å². The lowest BCUT2D eigenvalue weighted by Crippen LogP contribution is -2.43. The van der Waals surface area contributed by atoms with Crippen molar-refractivity contribution < 1.29 is 4.79 Å². The molecule has 1 aliphatic heterocycles. The summed E-state index contributed by atoms with van der Waals surface area (Å²) in [6.07, 6.45) is 3.61. The van der Waals surface area contributed by atoms with E-state index in [1.165, 1.54) is 0 Å².